The first-order chi connectivity index (χ1) is 9.22. The third-order valence-corrected chi connectivity index (χ3v) is 3.36. The van der Waals surface area contributed by atoms with Crippen molar-refractivity contribution >= 4 is 0 Å². The van der Waals surface area contributed by atoms with E-state index in [2.05, 4.69) is 26.0 Å². The molecule has 0 radical (unpaired) electrons. The van der Waals surface area contributed by atoms with Gasteiger partial charge in [-0.1, -0.05) is 30.3 Å². The summed E-state index contributed by atoms with van der Waals surface area (Å²) in [7, 11) is 0. The maximum atomic E-state index is 6.03. The van der Waals surface area contributed by atoms with Crippen molar-refractivity contribution in [2.45, 2.75) is 26.7 Å². The normalized spacial score (nSPS) is 10.5. The molecule has 2 aromatic carbocycles. The summed E-state index contributed by atoms with van der Waals surface area (Å²) < 4.78 is 6.03. The SMILES string of the molecule is Cc1ccccc1Oc1cccc(CCCN)c1C. The van der Waals surface area contributed by atoms with Crippen LogP contribution >= 0.6 is 0 Å². The van der Waals surface area contributed by atoms with Gasteiger partial charge in [-0.3, -0.25) is 0 Å². The molecular weight excluding hydrogens is 234 g/mol. The van der Waals surface area contributed by atoms with Crippen molar-refractivity contribution in [3.8, 4) is 11.5 Å². The van der Waals surface area contributed by atoms with Crippen molar-refractivity contribution in [1.82, 2.24) is 0 Å². The molecule has 0 aliphatic rings. The Kier molecular flexibility index (Phi) is 4.58. The molecule has 2 heteroatoms. The first-order valence-corrected chi connectivity index (χ1v) is 6.74. The highest BCUT2D eigenvalue weighted by atomic mass is 16.5. The van der Waals surface area contributed by atoms with E-state index in [0.29, 0.717) is 0 Å². The minimum atomic E-state index is 0.725. The quantitative estimate of drug-likeness (QED) is 0.876. The zero-order chi connectivity index (χ0) is 13.7. The van der Waals surface area contributed by atoms with Crippen LogP contribution < -0.4 is 10.5 Å². The third-order valence-electron chi connectivity index (χ3n) is 3.36. The summed E-state index contributed by atoms with van der Waals surface area (Å²) in [4.78, 5) is 0. The fraction of sp³-hybridized carbons (Fsp3) is 0.294. The predicted octanol–water partition coefficient (Wildman–Crippen LogP) is 3.99. The molecule has 2 N–H and O–H groups in total. The Labute approximate surface area is 115 Å². The Morgan fingerprint density at radius 1 is 0.947 bits per heavy atom. The van der Waals surface area contributed by atoms with Gasteiger partial charge in [0.1, 0.15) is 11.5 Å². The van der Waals surface area contributed by atoms with E-state index < -0.39 is 0 Å². The molecule has 0 aliphatic carbocycles. The van der Waals surface area contributed by atoms with E-state index in [9.17, 15) is 0 Å². The van der Waals surface area contributed by atoms with Gasteiger partial charge in [0.25, 0.3) is 0 Å². The van der Waals surface area contributed by atoms with Crippen molar-refractivity contribution < 1.29 is 4.74 Å². The molecule has 0 amide bonds. The first-order valence-electron chi connectivity index (χ1n) is 6.74. The lowest BCUT2D eigenvalue weighted by Crippen LogP contribution is -2.02. The summed E-state index contributed by atoms with van der Waals surface area (Å²) in [6, 6.07) is 14.3. The summed E-state index contributed by atoms with van der Waals surface area (Å²) >= 11 is 0. The first kappa shape index (κ1) is 13.6. The number of rotatable bonds is 5. The monoisotopic (exact) mass is 255 g/mol. The molecule has 0 aromatic heterocycles. The summed E-state index contributed by atoms with van der Waals surface area (Å²) in [5, 5.41) is 0. The van der Waals surface area contributed by atoms with Crippen LogP contribution in [0.5, 0.6) is 11.5 Å². The third kappa shape index (κ3) is 3.36. The molecule has 2 nitrogen and oxygen atoms in total. The minimum Gasteiger partial charge on any atom is -0.457 e. The maximum Gasteiger partial charge on any atom is 0.130 e. The van der Waals surface area contributed by atoms with E-state index in [1.165, 1.54) is 11.1 Å². The van der Waals surface area contributed by atoms with Gasteiger partial charge in [-0.25, -0.2) is 0 Å². The Balaban J connectivity index is 2.23. The second-order valence-electron chi connectivity index (χ2n) is 4.80. The van der Waals surface area contributed by atoms with Crippen LogP contribution in [0.2, 0.25) is 0 Å². The van der Waals surface area contributed by atoms with Crippen molar-refractivity contribution in [3.05, 3.63) is 59.2 Å². The fourth-order valence-corrected chi connectivity index (χ4v) is 2.12. The lowest BCUT2D eigenvalue weighted by atomic mass is 10.0. The number of hydrogen-bond acceptors (Lipinski definition) is 2. The predicted molar refractivity (Wildman–Crippen MR) is 79.8 cm³/mol. The topological polar surface area (TPSA) is 35.2 Å². The van der Waals surface area contributed by atoms with Crippen LogP contribution in [0.25, 0.3) is 0 Å². The zero-order valence-electron chi connectivity index (χ0n) is 11.6. The highest BCUT2D eigenvalue weighted by Crippen LogP contribution is 2.29. The van der Waals surface area contributed by atoms with Crippen LogP contribution in [0, 0.1) is 13.8 Å². The van der Waals surface area contributed by atoms with Crippen molar-refractivity contribution in [1.29, 1.82) is 0 Å². The Hall–Kier alpha value is -1.80. The van der Waals surface area contributed by atoms with Gasteiger partial charge in [0, 0.05) is 0 Å². The molecule has 2 rings (SSSR count). The Bertz CT molecular complexity index is 549. The second-order valence-corrected chi connectivity index (χ2v) is 4.80. The standard InChI is InChI=1S/C17H21NO/c1-13-7-3-4-10-16(13)19-17-11-5-8-15(14(17)2)9-6-12-18/h3-5,7-8,10-11H,6,9,12,18H2,1-2H3. The largest absolute Gasteiger partial charge is 0.457 e. The molecule has 0 heterocycles. The summed E-state index contributed by atoms with van der Waals surface area (Å²) in [5.41, 5.74) is 9.25. The number of benzene rings is 2. The second kappa shape index (κ2) is 6.39. The Morgan fingerprint density at radius 2 is 1.68 bits per heavy atom. The fourth-order valence-electron chi connectivity index (χ4n) is 2.12. The molecule has 0 aliphatic heterocycles. The van der Waals surface area contributed by atoms with E-state index in [1.807, 2.05) is 30.3 Å². The van der Waals surface area contributed by atoms with Crippen LogP contribution in [0.3, 0.4) is 0 Å². The molecule has 19 heavy (non-hydrogen) atoms. The van der Waals surface area contributed by atoms with Crippen molar-refractivity contribution in [3.63, 3.8) is 0 Å². The lowest BCUT2D eigenvalue weighted by molar-refractivity contribution is 0.474. The summed E-state index contributed by atoms with van der Waals surface area (Å²) in [6.45, 7) is 4.89. The molecule has 2 aromatic rings. The van der Waals surface area contributed by atoms with Crippen LogP contribution in [0.15, 0.2) is 42.5 Å². The molecule has 0 atom stereocenters. The molecule has 0 unspecified atom stereocenters. The number of nitrogens with two attached hydrogens (primary N) is 1. The average molecular weight is 255 g/mol. The smallest absolute Gasteiger partial charge is 0.130 e. The van der Waals surface area contributed by atoms with Gasteiger partial charge in [-0.05, 0) is 62.1 Å². The van der Waals surface area contributed by atoms with Gasteiger partial charge < -0.3 is 10.5 Å². The zero-order valence-corrected chi connectivity index (χ0v) is 11.6. The molecule has 0 saturated heterocycles. The molecule has 0 saturated carbocycles. The van der Waals surface area contributed by atoms with Gasteiger partial charge in [-0.2, -0.15) is 0 Å². The molecule has 0 fully saturated rings. The maximum absolute atomic E-state index is 6.03. The molecule has 100 valence electrons. The van der Waals surface area contributed by atoms with Crippen LogP contribution in [0.1, 0.15) is 23.1 Å². The number of para-hydroxylation sites is 1. The summed E-state index contributed by atoms with van der Waals surface area (Å²) in [6.07, 6.45) is 2.02. The van der Waals surface area contributed by atoms with Crippen LogP contribution in [-0.4, -0.2) is 6.54 Å². The van der Waals surface area contributed by atoms with E-state index >= 15 is 0 Å². The number of hydrogen-bond donors (Lipinski definition) is 1. The average Bonchev–Trinajstić information content (AvgIpc) is 2.42. The minimum absolute atomic E-state index is 0.725. The van der Waals surface area contributed by atoms with Gasteiger partial charge in [-0.15, -0.1) is 0 Å². The van der Waals surface area contributed by atoms with Gasteiger partial charge in [0.05, 0.1) is 0 Å². The summed E-state index contributed by atoms with van der Waals surface area (Å²) in [5.74, 6) is 1.85. The van der Waals surface area contributed by atoms with Crippen LogP contribution in [0.4, 0.5) is 0 Å². The highest BCUT2D eigenvalue weighted by molar-refractivity contribution is 5.43. The highest BCUT2D eigenvalue weighted by Gasteiger charge is 2.07. The van der Waals surface area contributed by atoms with E-state index in [0.717, 1.165) is 36.4 Å². The lowest BCUT2D eigenvalue weighted by Gasteiger charge is -2.13. The van der Waals surface area contributed by atoms with Crippen molar-refractivity contribution in [2.24, 2.45) is 5.73 Å². The number of ether oxygens (including phenoxy) is 1. The van der Waals surface area contributed by atoms with E-state index in [4.69, 9.17) is 10.5 Å². The van der Waals surface area contributed by atoms with E-state index in [-0.39, 0.29) is 0 Å². The van der Waals surface area contributed by atoms with Gasteiger partial charge in [0.15, 0.2) is 0 Å². The Morgan fingerprint density at radius 3 is 2.42 bits per heavy atom. The van der Waals surface area contributed by atoms with E-state index in [1.54, 1.807) is 0 Å². The van der Waals surface area contributed by atoms with Crippen molar-refractivity contribution in [2.75, 3.05) is 6.54 Å². The van der Waals surface area contributed by atoms with Crippen LogP contribution in [-0.2, 0) is 6.42 Å². The van der Waals surface area contributed by atoms with Gasteiger partial charge >= 0.3 is 0 Å². The molecule has 0 bridgehead atoms. The van der Waals surface area contributed by atoms with Gasteiger partial charge in [0.2, 0.25) is 0 Å². The molecule has 0 spiro atoms. The number of aryl methyl sites for hydroxylation is 2. The molecular formula is C17H21NO.